The smallest absolute Gasteiger partial charge is 0.241 e. The molecule has 110 valence electrons. The number of carbonyl (C=O) groups is 1. The lowest BCUT2D eigenvalue weighted by Crippen LogP contribution is -2.43. The first kappa shape index (κ1) is 15.0. The molecule has 2 rings (SSSR count). The highest BCUT2D eigenvalue weighted by atomic mass is 32.2. The summed E-state index contributed by atoms with van der Waals surface area (Å²) in [7, 11) is -3.38. The summed E-state index contributed by atoms with van der Waals surface area (Å²) in [5.74, 6) is -0.314. The predicted octanol–water partition coefficient (Wildman–Crippen LogP) is 1.57. The summed E-state index contributed by atoms with van der Waals surface area (Å²) in [6, 6.07) is 3.72. The van der Waals surface area contributed by atoms with Crippen molar-refractivity contribution >= 4 is 15.7 Å². The molecule has 0 unspecified atom stereocenters. The average molecular weight is 296 g/mol. The van der Waals surface area contributed by atoms with Crippen LogP contribution in [0.25, 0.3) is 0 Å². The maximum Gasteiger partial charge on any atom is 0.241 e. The number of hydrogen-bond donors (Lipinski definition) is 0. The van der Waals surface area contributed by atoms with Gasteiger partial charge in [0.2, 0.25) is 5.91 Å². The van der Waals surface area contributed by atoms with E-state index in [0.717, 1.165) is 24.7 Å². The third kappa shape index (κ3) is 3.17. The minimum absolute atomic E-state index is 0.155. The van der Waals surface area contributed by atoms with Crippen LogP contribution in [0.2, 0.25) is 0 Å². The summed E-state index contributed by atoms with van der Waals surface area (Å²) in [5.41, 5.74) is 0.924. The highest BCUT2D eigenvalue weighted by Crippen LogP contribution is 2.35. The van der Waals surface area contributed by atoms with Crippen LogP contribution in [0.15, 0.2) is 24.5 Å². The monoisotopic (exact) mass is 296 g/mol. The van der Waals surface area contributed by atoms with Crippen LogP contribution in [0.5, 0.6) is 0 Å². The van der Waals surface area contributed by atoms with Crippen molar-refractivity contribution in [3.63, 3.8) is 0 Å². The topological polar surface area (TPSA) is 67.3 Å². The Labute approximate surface area is 119 Å². The Hall–Kier alpha value is -1.43. The van der Waals surface area contributed by atoms with E-state index in [4.69, 9.17) is 0 Å². The molecule has 0 aliphatic heterocycles. The van der Waals surface area contributed by atoms with E-state index in [1.54, 1.807) is 17.3 Å². The van der Waals surface area contributed by atoms with E-state index in [1.165, 1.54) is 6.92 Å². The number of pyridine rings is 1. The first-order chi connectivity index (χ1) is 9.32. The van der Waals surface area contributed by atoms with Crippen molar-refractivity contribution < 1.29 is 13.2 Å². The van der Waals surface area contributed by atoms with E-state index in [9.17, 15) is 13.2 Å². The summed E-state index contributed by atoms with van der Waals surface area (Å²) in [6.45, 7) is 3.38. The molecule has 5 nitrogen and oxygen atoms in total. The quantitative estimate of drug-likeness (QED) is 0.827. The lowest BCUT2D eigenvalue weighted by atomic mass is 10.1. The van der Waals surface area contributed by atoms with E-state index in [1.807, 2.05) is 19.1 Å². The maximum absolute atomic E-state index is 12.5. The fraction of sp³-hybridized carbons (Fsp3) is 0.571. The van der Waals surface area contributed by atoms with Crippen LogP contribution >= 0.6 is 0 Å². The van der Waals surface area contributed by atoms with Gasteiger partial charge in [-0.1, -0.05) is 6.07 Å². The second-order valence-corrected chi connectivity index (χ2v) is 7.78. The van der Waals surface area contributed by atoms with Crippen molar-refractivity contribution in [1.82, 2.24) is 9.88 Å². The van der Waals surface area contributed by atoms with Gasteiger partial charge in [0, 0.05) is 24.7 Å². The first-order valence-electron chi connectivity index (χ1n) is 6.73. The molecule has 1 aromatic rings. The molecule has 1 fully saturated rings. The molecule has 1 amide bonds. The predicted molar refractivity (Wildman–Crippen MR) is 76.8 cm³/mol. The molecule has 1 aliphatic carbocycles. The second-order valence-electron chi connectivity index (χ2n) is 5.41. The summed E-state index contributed by atoms with van der Waals surface area (Å²) in [4.78, 5) is 18.3. The highest BCUT2D eigenvalue weighted by Gasteiger charge is 2.40. The van der Waals surface area contributed by atoms with Crippen LogP contribution in [0, 0.1) is 0 Å². The molecule has 2 atom stereocenters. The fourth-order valence-electron chi connectivity index (χ4n) is 2.22. The molecule has 6 heteroatoms. The zero-order valence-electron chi connectivity index (χ0n) is 12.0. The van der Waals surface area contributed by atoms with Gasteiger partial charge in [-0.2, -0.15) is 0 Å². The van der Waals surface area contributed by atoms with Crippen molar-refractivity contribution in [3.05, 3.63) is 30.1 Å². The van der Waals surface area contributed by atoms with Crippen LogP contribution in [-0.4, -0.2) is 41.8 Å². The van der Waals surface area contributed by atoms with Crippen molar-refractivity contribution in [2.24, 2.45) is 0 Å². The highest BCUT2D eigenvalue weighted by molar-refractivity contribution is 7.92. The van der Waals surface area contributed by atoms with Gasteiger partial charge in [-0.25, -0.2) is 8.42 Å². The van der Waals surface area contributed by atoms with Gasteiger partial charge in [-0.3, -0.25) is 9.78 Å². The van der Waals surface area contributed by atoms with Crippen molar-refractivity contribution in [1.29, 1.82) is 0 Å². The molecule has 0 saturated heterocycles. The number of sulfone groups is 1. The minimum Gasteiger partial charge on any atom is -0.332 e. The second kappa shape index (κ2) is 5.52. The van der Waals surface area contributed by atoms with Crippen LogP contribution in [-0.2, 0) is 14.6 Å². The third-order valence-electron chi connectivity index (χ3n) is 3.77. The van der Waals surface area contributed by atoms with Crippen LogP contribution in [0.4, 0.5) is 0 Å². The molecule has 0 bridgehead atoms. The molecule has 0 spiro atoms. The van der Waals surface area contributed by atoms with Gasteiger partial charge in [0.25, 0.3) is 0 Å². The van der Waals surface area contributed by atoms with Crippen molar-refractivity contribution in [2.75, 3.05) is 6.26 Å². The van der Waals surface area contributed by atoms with Crippen molar-refractivity contribution in [3.8, 4) is 0 Å². The zero-order chi connectivity index (χ0) is 14.9. The zero-order valence-corrected chi connectivity index (χ0v) is 12.8. The van der Waals surface area contributed by atoms with Gasteiger partial charge < -0.3 is 4.90 Å². The summed E-state index contributed by atoms with van der Waals surface area (Å²) in [5, 5.41) is -0.998. The maximum atomic E-state index is 12.5. The van der Waals surface area contributed by atoms with E-state index < -0.39 is 15.1 Å². The normalized spacial score (nSPS) is 18.4. The SMILES string of the molecule is C[C@@H](c1cccnc1)N(C(=O)[C@H](C)S(C)(=O)=O)C1CC1. The molecule has 0 aromatic carbocycles. The van der Waals surface area contributed by atoms with Crippen LogP contribution < -0.4 is 0 Å². The molecular weight excluding hydrogens is 276 g/mol. The van der Waals surface area contributed by atoms with E-state index in [0.29, 0.717) is 0 Å². The van der Waals surface area contributed by atoms with Gasteiger partial charge in [0.1, 0.15) is 5.25 Å². The number of aromatic nitrogens is 1. The molecule has 1 heterocycles. The van der Waals surface area contributed by atoms with Gasteiger partial charge in [0.15, 0.2) is 9.84 Å². The summed E-state index contributed by atoms with van der Waals surface area (Å²) < 4.78 is 23.2. The Bertz CT molecular complexity index is 582. The number of nitrogens with zero attached hydrogens (tertiary/aromatic N) is 2. The van der Waals surface area contributed by atoms with E-state index in [-0.39, 0.29) is 18.0 Å². The van der Waals surface area contributed by atoms with E-state index in [2.05, 4.69) is 4.98 Å². The largest absolute Gasteiger partial charge is 0.332 e. The molecule has 0 radical (unpaired) electrons. The molecule has 1 aromatic heterocycles. The van der Waals surface area contributed by atoms with Crippen LogP contribution in [0.1, 0.15) is 38.3 Å². The Morgan fingerprint density at radius 1 is 1.40 bits per heavy atom. The molecule has 20 heavy (non-hydrogen) atoms. The number of rotatable bonds is 5. The standard InChI is InChI=1S/C14H20N2O3S/c1-10(12-5-4-8-15-9-12)16(13-6-7-13)14(17)11(2)20(3,18)19/h4-5,8-11,13H,6-7H2,1-3H3/t10-,11-/m0/s1. The molecule has 1 aliphatic rings. The Morgan fingerprint density at radius 3 is 2.50 bits per heavy atom. The fourth-order valence-corrected chi connectivity index (χ4v) is 2.70. The number of carbonyl (C=O) groups excluding carboxylic acids is 1. The molecule has 0 N–H and O–H groups in total. The minimum atomic E-state index is -3.38. The van der Waals surface area contributed by atoms with E-state index >= 15 is 0 Å². The number of amides is 1. The lowest BCUT2D eigenvalue weighted by molar-refractivity contribution is -0.133. The molecule has 1 saturated carbocycles. The van der Waals surface area contributed by atoms with Gasteiger partial charge in [0.05, 0.1) is 6.04 Å². The van der Waals surface area contributed by atoms with Gasteiger partial charge in [-0.15, -0.1) is 0 Å². The molecular formula is C14H20N2O3S. The number of hydrogen-bond acceptors (Lipinski definition) is 4. The third-order valence-corrected chi connectivity index (χ3v) is 5.25. The Kier molecular flexibility index (Phi) is 4.13. The summed E-state index contributed by atoms with van der Waals surface area (Å²) >= 11 is 0. The van der Waals surface area contributed by atoms with Gasteiger partial charge >= 0.3 is 0 Å². The first-order valence-corrected chi connectivity index (χ1v) is 8.68. The summed E-state index contributed by atoms with van der Waals surface area (Å²) in [6.07, 6.45) is 6.38. The van der Waals surface area contributed by atoms with Crippen LogP contribution in [0.3, 0.4) is 0 Å². The average Bonchev–Trinajstić information content (AvgIpc) is 3.22. The van der Waals surface area contributed by atoms with Crippen molar-refractivity contribution in [2.45, 2.75) is 44.0 Å². The van der Waals surface area contributed by atoms with Gasteiger partial charge in [-0.05, 0) is 38.3 Å². The Morgan fingerprint density at radius 2 is 2.05 bits per heavy atom. The Balaban J connectivity index is 2.26. The lowest BCUT2D eigenvalue weighted by Gasteiger charge is -2.31.